The Morgan fingerprint density at radius 3 is 2.82 bits per heavy atom. The first-order valence-corrected chi connectivity index (χ1v) is 6.55. The Morgan fingerprint density at radius 1 is 1.35 bits per heavy atom. The SMILES string of the molecule is CC(NCc1cccc(Cl)c1)c1ccc(Br)o1. The largest absolute Gasteiger partial charge is 0.453 e. The highest BCUT2D eigenvalue weighted by Crippen LogP contribution is 2.20. The summed E-state index contributed by atoms with van der Waals surface area (Å²) in [6, 6.07) is 11.8. The van der Waals surface area contributed by atoms with Crippen molar-refractivity contribution in [3.8, 4) is 0 Å². The van der Waals surface area contributed by atoms with Crippen molar-refractivity contribution in [2.45, 2.75) is 19.5 Å². The molecule has 0 radical (unpaired) electrons. The summed E-state index contributed by atoms with van der Waals surface area (Å²) >= 11 is 9.22. The number of benzene rings is 1. The minimum atomic E-state index is 0.167. The molecule has 2 aromatic rings. The summed E-state index contributed by atoms with van der Waals surface area (Å²) in [5.41, 5.74) is 1.16. The Morgan fingerprint density at radius 2 is 2.18 bits per heavy atom. The summed E-state index contributed by atoms with van der Waals surface area (Å²) in [5, 5.41) is 4.14. The Labute approximate surface area is 114 Å². The second kappa shape index (κ2) is 5.71. The molecule has 1 atom stereocenters. The zero-order valence-corrected chi connectivity index (χ0v) is 11.8. The van der Waals surface area contributed by atoms with E-state index in [-0.39, 0.29) is 6.04 Å². The van der Waals surface area contributed by atoms with E-state index >= 15 is 0 Å². The van der Waals surface area contributed by atoms with Crippen molar-refractivity contribution in [1.29, 1.82) is 0 Å². The zero-order valence-electron chi connectivity index (χ0n) is 9.41. The van der Waals surface area contributed by atoms with Gasteiger partial charge >= 0.3 is 0 Å². The number of furan rings is 1. The fourth-order valence-electron chi connectivity index (χ4n) is 1.58. The lowest BCUT2D eigenvalue weighted by atomic mass is 10.2. The lowest BCUT2D eigenvalue weighted by Gasteiger charge is -2.11. The van der Waals surface area contributed by atoms with Crippen LogP contribution in [0.2, 0.25) is 5.02 Å². The first-order chi connectivity index (χ1) is 8.15. The van der Waals surface area contributed by atoms with E-state index in [4.69, 9.17) is 16.0 Å². The second-order valence-corrected chi connectivity index (χ2v) is 5.09. The Balaban J connectivity index is 1.94. The van der Waals surface area contributed by atoms with E-state index < -0.39 is 0 Å². The van der Waals surface area contributed by atoms with E-state index in [1.165, 1.54) is 0 Å². The average Bonchev–Trinajstić information content (AvgIpc) is 2.73. The Hall–Kier alpha value is -0.770. The number of nitrogens with one attached hydrogen (secondary N) is 1. The predicted octanol–water partition coefficient (Wildman–Crippen LogP) is 4.55. The van der Waals surface area contributed by atoms with E-state index in [1.54, 1.807) is 0 Å². The molecular formula is C13H13BrClNO. The zero-order chi connectivity index (χ0) is 12.3. The highest BCUT2D eigenvalue weighted by molar-refractivity contribution is 9.10. The van der Waals surface area contributed by atoms with Crippen molar-refractivity contribution in [3.63, 3.8) is 0 Å². The highest BCUT2D eigenvalue weighted by Gasteiger charge is 2.08. The fraction of sp³-hybridized carbons (Fsp3) is 0.231. The highest BCUT2D eigenvalue weighted by atomic mass is 79.9. The van der Waals surface area contributed by atoms with E-state index in [2.05, 4.69) is 28.2 Å². The van der Waals surface area contributed by atoms with Crippen LogP contribution in [0.15, 0.2) is 45.5 Å². The van der Waals surface area contributed by atoms with Gasteiger partial charge < -0.3 is 9.73 Å². The Bertz CT molecular complexity index is 498. The van der Waals surface area contributed by atoms with Gasteiger partial charge in [0.05, 0.1) is 6.04 Å². The van der Waals surface area contributed by atoms with Crippen LogP contribution in [0.5, 0.6) is 0 Å². The van der Waals surface area contributed by atoms with Crippen LogP contribution in [0, 0.1) is 0 Å². The van der Waals surface area contributed by atoms with Gasteiger partial charge in [0.25, 0.3) is 0 Å². The van der Waals surface area contributed by atoms with Crippen molar-refractivity contribution in [3.05, 3.63) is 57.4 Å². The van der Waals surface area contributed by atoms with Crippen molar-refractivity contribution in [1.82, 2.24) is 5.32 Å². The number of rotatable bonds is 4. The molecule has 0 saturated heterocycles. The fourth-order valence-corrected chi connectivity index (χ4v) is 2.11. The summed E-state index contributed by atoms with van der Waals surface area (Å²) in [5.74, 6) is 0.916. The molecule has 1 aromatic carbocycles. The molecule has 1 N–H and O–H groups in total. The van der Waals surface area contributed by atoms with Crippen LogP contribution >= 0.6 is 27.5 Å². The molecule has 90 valence electrons. The third-order valence-electron chi connectivity index (χ3n) is 2.52. The van der Waals surface area contributed by atoms with Gasteiger partial charge in [0, 0.05) is 11.6 Å². The summed E-state index contributed by atoms with van der Waals surface area (Å²) in [7, 11) is 0. The maximum Gasteiger partial charge on any atom is 0.169 e. The van der Waals surface area contributed by atoms with Crippen LogP contribution in [0.25, 0.3) is 0 Å². The molecule has 0 amide bonds. The smallest absolute Gasteiger partial charge is 0.169 e. The Kier molecular flexibility index (Phi) is 4.26. The van der Waals surface area contributed by atoms with E-state index in [1.807, 2.05) is 36.4 Å². The molecule has 1 heterocycles. The standard InChI is InChI=1S/C13H13BrClNO/c1-9(12-5-6-13(14)17-12)16-8-10-3-2-4-11(15)7-10/h2-7,9,16H,8H2,1H3. The molecule has 2 nitrogen and oxygen atoms in total. The summed E-state index contributed by atoms with van der Waals surface area (Å²) in [6.45, 7) is 2.83. The molecule has 2 rings (SSSR count). The maximum absolute atomic E-state index is 5.93. The quantitative estimate of drug-likeness (QED) is 0.896. The molecule has 0 aliphatic heterocycles. The molecule has 0 saturated carbocycles. The molecule has 0 spiro atoms. The molecule has 0 fully saturated rings. The van der Waals surface area contributed by atoms with Crippen LogP contribution in [0.4, 0.5) is 0 Å². The van der Waals surface area contributed by atoms with Gasteiger partial charge in [-0.15, -0.1) is 0 Å². The molecule has 4 heteroatoms. The second-order valence-electron chi connectivity index (χ2n) is 3.87. The predicted molar refractivity (Wildman–Crippen MR) is 73.1 cm³/mol. The van der Waals surface area contributed by atoms with E-state index in [0.717, 1.165) is 27.6 Å². The molecule has 1 aromatic heterocycles. The molecule has 0 bridgehead atoms. The minimum absolute atomic E-state index is 0.167. The molecule has 1 unspecified atom stereocenters. The molecule has 17 heavy (non-hydrogen) atoms. The average molecular weight is 315 g/mol. The number of hydrogen-bond donors (Lipinski definition) is 1. The third-order valence-corrected chi connectivity index (χ3v) is 3.18. The van der Waals surface area contributed by atoms with Gasteiger partial charge in [-0.1, -0.05) is 23.7 Å². The van der Waals surface area contributed by atoms with Gasteiger partial charge in [0.1, 0.15) is 5.76 Å². The summed E-state index contributed by atoms with van der Waals surface area (Å²) in [6.07, 6.45) is 0. The summed E-state index contributed by atoms with van der Waals surface area (Å²) < 4.78 is 6.24. The van der Waals surface area contributed by atoms with Crippen molar-refractivity contribution in [2.24, 2.45) is 0 Å². The summed E-state index contributed by atoms with van der Waals surface area (Å²) in [4.78, 5) is 0. The third kappa shape index (κ3) is 3.60. The first kappa shape index (κ1) is 12.7. The molecule has 0 aliphatic carbocycles. The van der Waals surface area contributed by atoms with Crippen molar-refractivity contribution < 1.29 is 4.42 Å². The van der Waals surface area contributed by atoms with Crippen molar-refractivity contribution in [2.75, 3.05) is 0 Å². The van der Waals surface area contributed by atoms with Crippen LogP contribution < -0.4 is 5.32 Å². The number of halogens is 2. The van der Waals surface area contributed by atoms with Gasteiger partial charge in [-0.3, -0.25) is 0 Å². The van der Waals surface area contributed by atoms with E-state index in [9.17, 15) is 0 Å². The minimum Gasteiger partial charge on any atom is -0.453 e. The monoisotopic (exact) mass is 313 g/mol. The lowest BCUT2D eigenvalue weighted by Crippen LogP contribution is -2.17. The van der Waals surface area contributed by atoms with Crippen molar-refractivity contribution >= 4 is 27.5 Å². The lowest BCUT2D eigenvalue weighted by molar-refractivity contribution is 0.418. The maximum atomic E-state index is 5.93. The van der Waals surface area contributed by atoms with Crippen LogP contribution in [-0.2, 0) is 6.54 Å². The van der Waals surface area contributed by atoms with Gasteiger partial charge in [0.2, 0.25) is 0 Å². The molecule has 0 aliphatic rings. The van der Waals surface area contributed by atoms with E-state index in [0.29, 0.717) is 0 Å². The van der Waals surface area contributed by atoms with Gasteiger partial charge in [-0.25, -0.2) is 0 Å². The molecular weight excluding hydrogens is 302 g/mol. The van der Waals surface area contributed by atoms with Crippen LogP contribution in [0.1, 0.15) is 24.3 Å². The van der Waals surface area contributed by atoms with Gasteiger partial charge in [-0.05, 0) is 52.7 Å². The topological polar surface area (TPSA) is 25.2 Å². The number of hydrogen-bond acceptors (Lipinski definition) is 2. The van der Waals surface area contributed by atoms with Gasteiger partial charge in [-0.2, -0.15) is 0 Å². The van der Waals surface area contributed by atoms with Crippen LogP contribution in [-0.4, -0.2) is 0 Å². The first-order valence-electron chi connectivity index (χ1n) is 5.38. The van der Waals surface area contributed by atoms with Gasteiger partial charge in [0.15, 0.2) is 4.67 Å². The normalized spacial score (nSPS) is 12.6. The van der Waals surface area contributed by atoms with Crippen LogP contribution in [0.3, 0.4) is 0 Å².